The molecular formula is C19H25ClN4O2. The van der Waals surface area contributed by atoms with E-state index in [0.717, 1.165) is 41.6 Å². The third-order valence-electron chi connectivity index (χ3n) is 3.71. The predicted octanol–water partition coefficient (Wildman–Crippen LogP) is 3.05. The van der Waals surface area contributed by atoms with Crippen molar-refractivity contribution < 1.29 is 9.47 Å². The third-order valence-corrected chi connectivity index (χ3v) is 3.93. The van der Waals surface area contributed by atoms with Crippen LogP contribution in [0.15, 0.2) is 41.5 Å². The van der Waals surface area contributed by atoms with Crippen LogP contribution in [0.2, 0.25) is 5.15 Å². The number of aromatic nitrogens is 1. The summed E-state index contributed by atoms with van der Waals surface area (Å²) in [6.07, 6.45) is 2.62. The summed E-state index contributed by atoms with van der Waals surface area (Å²) in [4.78, 5) is 8.32. The van der Waals surface area contributed by atoms with Gasteiger partial charge in [-0.15, -0.1) is 0 Å². The number of ether oxygens (including phenoxy) is 2. The molecule has 1 aromatic carbocycles. The average Bonchev–Trinajstić information content (AvgIpc) is 2.66. The van der Waals surface area contributed by atoms with Crippen LogP contribution in [0, 0.1) is 0 Å². The van der Waals surface area contributed by atoms with Gasteiger partial charge < -0.3 is 20.1 Å². The van der Waals surface area contributed by atoms with Crippen molar-refractivity contribution in [3.8, 4) is 11.5 Å². The van der Waals surface area contributed by atoms with Crippen LogP contribution in [0.25, 0.3) is 0 Å². The molecule has 0 aliphatic carbocycles. The van der Waals surface area contributed by atoms with Gasteiger partial charge in [0.15, 0.2) is 17.5 Å². The van der Waals surface area contributed by atoms with Crippen molar-refractivity contribution in [3.63, 3.8) is 0 Å². The summed E-state index contributed by atoms with van der Waals surface area (Å²) in [6, 6.07) is 9.65. The molecular weight excluding hydrogens is 352 g/mol. The van der Waals surface area contributed by atoms with Crippen molar-refractivity contribution in [1.29, 1.82) is 0 Å². The minimum absolute atomic E-state index is 0.505. The molecule has 2 rings (SSSR count). The van der Waals surface area contributed by atoms with Gasteiger partial charge >= 0.3 is 0 Å². The largest absolute Gasteiger partial charge is 0.493 e. The molecule has 1 heterocycles. The molecule has 0 bridgehead atoms. The Morgan fingerprint density at radius 2 is 1.96 bits per heavy atom. The van der Waals surface area contributed by atoms with E-state index in [1.54, 1.807) is 26.4 Å². The lowest BCUT2D eigenvalue weighted by molar-refractivity contribution is 0.310. The highest BCUT2D eigenvalue weighted by Crippen LogP contribution is 2.27. The topological polar surface area (TPSA) is 67.8 Å². The second kappa shape index (κ2) is 10.5. The zero-order chi connectivity index (χ0) is 18.8. The van der Waals surface area contributed by atoms with Crippen LogP contribution >= 0.6 is 11.6 Å². The number of nitrogens with zero attached hydrogens (tertiary/aromatic N) is 2. The molecule has 0 fully saturated rings. The molecule has 26 heavy (non-hydrogen) atoms. The first-order valence-corrected chi connectivity index (χ1v) is 8.88. The number of halogens is 1. The number of aliphatic imine (C=N–C) groups is 1. The van der Waals surface area contributed by atoms with Crippen LogP contribution in [0.5, 0.6) is 11.5 Å². The molecule has 2 aromatic rings. The number of hydrogen-bond acceptors (Lipinski definition) is 4. The molecule has 0 unspecified atom stereocenters. The van der Waals surface area contributed by atoms with E-state index in [9.17, 15) is 0 Å². The number of rotatable bonds is 8. The summed E-state index contributed by atoms with van der Waals surface area (Å²) in [6.45, 7) is 3.92. The highest BCUT2D eigenvalue weighted by Gasteiger charge is 2.06. The lowest BCUT2D eigenvalue weighted by Crippen LogP contribution is -2.37. The van der Waals surface area contributed by atoms with E-state index in [-0.39, 0.29) is 0 Å². The summed E-state index contributed by atoms with van der Waals surface area (Å²) >= 11 is 5.80. The van der Waals surface area contributed by atoms with Crippen LogP contribution in [-0.2, 0) is 13.0 Å². The van der Waals surface area contributed by atoms with Crippen LogP contribution < -0.4 is 20.1 Å². The van der Waals surface area contributed by atoms with E-state index in [2.05, 4.69) is 20.6 Å². The molecule has 0 spiro atoms. The van der Waals surface area contributed by atoms with Gasteiger partial charge in [-0.05, 0) is 42.7 Å². The smallest absolute Gasteiger partial charge is 0.191 e. The first-order valence-electron chi connectivity index (χ1n) is 8.51. The Labute approximate surface area is 159 Å². The summed E-state index contributed by atoms with van der Waals surface area (Å²) in [5, 5.41) is 7.09. The van der Waals surface area contributed by atoms with Crippen molar-refractivity contribution in [2.45, 2.75) is 19.9 Å². The predicted molar refractivity (Wildman–Crippen MR) is 105 cm³/mol. The molecule has 0 aliphatic rings. The van der Waals surface area contributed by atoms with Crippen LogP contribution in [0.4, 0.5) is 0 Å². The Kier molecular flexibility index (Phi) is 8.02. The van der Waals surface area contributed by atoms with Gasteiger partial charge in [-0.25, -0.2) is 4.98 Å². The van der Waals surface area contributed by atoms with Crippen molar-refractivity contribution in [3.05, 3.63) is 52.8 Å². The number of nitrogens with one attached hydrogen (secondary N) is 2. The summed E-state index contributed by atoms with van der Waals surface area (Å²) in [5.74, 6) is 2.21. The van der Waals surface area contributed by atoms with E-state index in [1.807, 2.05) is 31.2 Å². The highest BCUT2D eigenvalue weighted by molar-refractivity contribution is 6.29. The van der Waals surface area contributed by atoms with Crippen LogP contribution in [0.1, 0.15) is 18.1 Å². The number of guanidine groups is 1. The Hall–Kier alpha value is -2.47. The standard InChI is InChI=1S/C19H25ClN4O2/c1-4-26-17-11-15(5-7-16(17)25-3)13-24-19(21-2)22-10-9-14-6-8-18(20)23-12-14/h5-8,11-12H,4,9-10,13H2,1-3H3,(H2,21,22,24). The molecule has 140 valence electrons. The fraction of sp³-hybridized carbons (Fsp3) is 0.368. The van der Waals surface area contributed by atoms with Gasteiger partial charge in [0.1, 0.15) is 5.15 Å². The number of benzene rings is 1. The van der Waals surface area contributed by atoms with Gasteiger partial charge in [0.05, 0.1) is 13.7 Å². The number of methoxy groups -OCH3 is 1. The first kappa shape index (κ1) is 19.8. The van der Waals surface area contributed by atoms with Gasteiger partial charge in [0.25, 0.3) is 0 Å². The maximum absolute atomic E-state index is 5.80. The van der Waals surface area contributed by atoms with Crippen molar-refractivity contribution in [2.75, 3.05) is 27.3 Å². The van der Waals surface area contributed by atoms with Crippen LogP contribution in [-0.4, -0.2) is 38.3 Å². The first-order chi connectivity index (χ1) is 12.7. The van der Waals surface area contributed by atoms with Gasteiger partial charge in [-0.3, -0.25) is 4.99 Å². The normalized spacial score (nSPS) is 11.2. The second-order valence-electron chi connectivity index (χ2n) is 5.51. The monoisotopic (exact) mass is 376 g/mol. The SMILES string of the molecule is CCOc1cc(CNC(=NC)NCCc2ccc(Cl)nc2)ccc1OC. The molecule has 0 amide bonds. The molecule has 1 aromatic heterocycles. The van der Waals surface area contributed by atoms with Gasteiger partial charge in [0.2, 0.25) is 0 Å². The molecule has 7 heteroatoms. The summed E-state index contributed by atoms with van der Waals surface area (Å²) in [7, 11) is 3.39. The molecule has 0 radical (unpaired) electrons. The van der Waals surface area contributed by atoms with Crippen molar-refractivity contribution >= 4 is 17.6 Å². The van der Waals surface area contributed by atoms with Crippen molar-refractivity contribution in [2.24, 2.45) is 4.99 Å². The zero-order valence-electron chi connectivity index (χ0n) is 15.4. The Morgan fingerprint density at radius 3 is 2.62 bits per heavy atom. The van der Waals surface area contributed by atoms with Crippen molar-refractivity contribution in [1.82, 2.24) is 15.6 Å². The molecule has 0 aliphatic heterocycles. The Bertz CT molecular complexity index is 720. The maximum atomic E-state index is 5.80. The molecule has 0 saturated heterocycles. The lowest BCUT2D eigenvalue weighted by atomic mass is 10.2. The molecule has 0 atom stereocenters. The van der Waals surface area contributed by atoms with E-state index in [4.69, 9.17) is 21.1 Å². The molecule has 0 saturated carbocycles. The number of hydrogen-bond donors (Lipinski definition) is 2. The Balaban J connectivity index is 1.84. The fourth-order valence-electron chi connectivity index (χ4n) is 2.39. The van der Waals surface area contributed by atoms with E-state index < -0.39 is 0 Å². The summed E-state index contributed by atoms with van der Waals surface area (Å²) < 4.78 is 10.9. The maximum Gasteiger partial charge on any atom is 0.191 e. The molecule has 2 N–H and O–H groups in total. The summed E-state index contributed by atoms with van der Waals surface area (Å²) in [5.41, 5.74) is 2.20. The van der Waals surface area contributed by atoms with Gasteiger partial charge in [-0.2, -0.15) is 0 Å². The highest BCUT2D eigenvalue weighted by atomic mass is 35.5. The average molecular weight is 377 g/mol. The fourth-order valence-corrected chi connectivity index (χ4v) is 2.50. The lowest BCUT2D eigenvalue weighted by Gasteiger charge is -2.14. The van der Waals surface area contributed by atoms with Gasteiger partial charge in [0, 0.05) is 26.3 Å². The zero-order valence-corrected chi connectivity index (χ0v) is 16.1. The third kappa shape index (κ3) is 6.11. The molecule has 6 nitrogen and oxygen atoms in total. The minimum atomic E-state index is 0.505. The minimum Gasteiger partial charge on any atom is -0.493 e. The van der Waals surface area contributed by atoms with Gasteiger partial charge in [-0.1, -0.05) is 23.7 Å². The van der Waals surface area contributed by atoms with E-state index in [0.29, 0.717) is 18.3 Å². The van der Waals surface area contributed by atoms with E-state index >= 15 is 0 Å². The van der Waals surface area contributed by atoms with E-state index in [1.165, 1.54) is 0 Å². The van der Waals surface area contributed by atoms with Crippen LogP contribution in [0.3, 0.4) is 0 Å². The number of pyridine rings is 1. The Morgan fingerprint density at radius 1 is 1.15 bits per heavy atom. The second-order valence-corrected chi connectivity index (χ2v) is 5.90. The quantitative estimate of drug-likeness (QED) is 0.421.